The molecule has 18 heavy (non-hydrogen) atoms. The fourth-order valence-corrected chi connectivity index (χ4v) is 1.74. The van der Waals surface area contributed by atoms with Gasteiger partial charge in [0.2, 0.25) is 0 Å². The topological polar surface area (TPSA) is 52.3 Å². The summed E-state index contributed by atoms with van der Waals surface area (Å²) < 4.78 is 5.16. The van der Waals surface area contributed by atoms with E-state index >= 15 is 0 Å². The molecule has 3 nitrogen and oxygen atoms in total. The van der Waals surface area contributed by atoms with Crippen molar-refractivity contribution in [3.05, 3.63) is 35.9 Å². The molecule has 0 fully saturated rings. The summed E-state index contributed by atoms with van der Waals surface area (Å²) in [5.41, 5.74) is 6.99. The van der Waals surface area contributed by atoms with Gasteiger partial charge in [-0.1, -0.05) is 50.1 Å². The van der Waals surface area contributed by atoms with Gasteiger partial charge < -0.3 is 10.5 Å². The quantitative estimate of drug-likeness (QED) is 0.569. The van der Waals surface area contributed by atoms with E-state index in [0.29, 0.717) is 13.0 Å². The van der Waals surface area contributed by atoms with Gasteiger partial charge in [-0.2, -0.15) is 0 Å². The van der Waals surface area contributed by atoms with Crippen LogP contribution < -0.4 is 5.73 Å². The van der Waals surface area contributed by atoms with Gasteiger partial charge in [-0.15, -0.1) is 0 Å². The van der Waals surface area contributed by atoms with Crippen molar-refractivity contribution in [2.24, 2.45) is 5.73 Å². The van der Waals surface area contributed by atoms with Crippen LogP contribution in [0.15, 0.2) is 30.3 Å². The first kappa shape index (κ1) is 14.7. The molecule has 0 unspecified atom stereocenters. The summed E-state index contributed by atoms with van der Waals surface area (Å²) in [4.78, 5) is 11.5. The van der Waals surface area contributed by atoms with Crippen LogP contribution in [-0.4, -0.2) is 18.6 Å². The third kappa shape index (κ3) is 5.82. The third-order valence-corrected chi connectivity index (χ3v) is 2.87. The van der Waals surface area contributed by atoms with E-state index in [1.54, 1.807) is 0 Å². The molecular weight excluding hydrogens is 226 g/mol. The Balaban J connectivity index is 2.12. The largest absolute Gasteiger partial charge is 0.465 e. The highest BCUT2D eigenvalue weighted by Crippen LogP contribution is 2.04. The molecule has 1 rings (SSSR count). The highest BCUT2D eigenvalue weighted by atomic mass is 16.5. The van der Waals surface area contributed by atoms with Crippen molar-refractivity contribution in [3.63, 3.8) is 0 Å². The van der Waals surface area contributed by atoms with Gasteiger partial charge in [0.25, 0.3) is 0 Å². The number of carbonyl (C=O) groups excluding carboxylic acids is 1. The molecule has 100 valence electrons. The minimum absolute atomic E-state index is 0.267. The second-order valence-corrected chi connectivity index (χ2v) is 4.51. The Morgan fingerprint density at radius 2 is 2.00 bits per heavy atom. The van der Waals surface area contributed by atoms with Crippen LogP contribution in [0, 0.1) is 0 Å². The number of carbonyl (C=O) groups is 1. The standard InChI is InChI=1S/C15H23NO2/c1-2-3-11-14(16)15(17)18-12-7-10-13-8-5-4-6-9-13/h4-6,8-9,14H,2-3,7,10-12,16H2,1H3/t14-/m0/s1. The molecule has 0 radical (unpaired) electrons. The normalized spacial score (nSPS) is 12.1. The Bertz CT molecular complexity index is 338. The van der Waals surface area contributed by atoms with E-state index in [2.05, 4.69) is 19.1 Å². The van der Waals surface area contributed by atoms with Gasteiger partial charge in [0.15, 0.2) is 0 Å². The van der Waals surface area contributed by atoms with E-state index in [1.807, 2.05) is 18.2 Å². The van der Waals surface area contributed by atoms with E-state index in [9.17, 15) is 4.79 Å². The van der Waals surface area contributed by atoms with E-state index in [-0.39, 0.29) is 5.97 Å². The van der Waals surface area contributed by atoms with Crippen LogP contribution in [0.1, 0.15) is 38.2 Å². The molecule has 0 aliphatic heterocycles. The fourth-order valence-electron chi connectivity index (χ4n) is 1.74. The number of hydrogen-bond donors (Lipinski definition) is 1. The number of nitrogens with two attached hydrogens (primary N) is 1. The van der Waals surface area contributed by atoms with Crippen molar-refractivity contribution in [2.75, 3.05) is 6.61 Å². The van der Waals surface area contributed by atoms with Gasteiger partial charge in [0, 0.05) is 0 Å². The predicted octanol–water partition coefficient (Wildman–Crippen LogP) is 2.68. The van der Waals surface area contributed by atoms with Crippen LogP contribution in [0.4, 0.5) is 0 Å². The molecule has 2 N–H and O–H groups in total. The molecule has 1 aromatic rings. The van der Waals surface area contributed by atoms with Crippen LogP contribution in [-0.2, 0) is 16.0 Å². The highest BCUT2D eigenvalue weighted by molar-refractivity contribution is 5.75. The second-order valence-electron chi connectivity index (χ2n) is 4.51. The first-order valence-electron chi connectivity index (χ1n) is 6.70. The number of rotatable bonds is 8. The molecule has 0 bridgehead atoms. The lowest BCUT2D eigenvalue weighted by atomic mass is 10.1. The number of esters is 1. The molecule has 0 spiro atoms. The van der Waals surface area contributed by atoms with E-state index in [0.717, 1.165) is 25.7 Å². The minimum atomic E-state index is -0.457. The fraction of sp³-hybridized carbons (Fsp3) is 0.533. The van der Waals surface area contributed by atoms with Gasteiger partial charge in [-0.05, 0) is 24.8 Å². The Hall–Kier alpha value is -1.35. The Morgan fingerprint density at radius 3 is 2.67 bits per heavy atom. The van der Waals surface area contributed by atoms with Gasteiger partial charge in [0.05, 0.1) is 6.61 Å². The molecular formula is C15H23NO2. The van der Waals surface area contributed by atoms with Crippen molar-refractivity contribution < 1.29 is 9.53 Å². The average Bonchev–Trinajstić information content (AvgIpc) is 2.41. The molecule has 0 heterocycles. The maximum Gasteiger partial charge on any atom is 0.322 e. The van der Waals surface area contributed by atoms with Crippen molar-refractivity contribution in [3.8, 4) is 0 Å². The minimum Gasteiger partial charge on any atom is -0.465 e. The highest BCUT2D eigenvalue weighted by Gasteiger charge is 2.13. The molecule has 1 atom stereocenters. The zero-order chi connectivity index (χ0) is 13.2. The zero-order valence-electron chi connectivity index (χ0n) is 11.1. The van der Waals surface area contributed by atoms with Crippen LogP contribution in [0.5, 0.6) is 0 Å². The second kappa shape index (κ2) is 8.70. The van der Waals surface area contributed by atoms with Crippen LogP contribution in [0.3, 0.4) is 0 Å². The number of benzene rings is 1. The Morgan fingerprint density at radius 1 is 1.28 bits per heavy atom. The van der Waals surface area contributed by atoms with Gasteiger partial charge in [-0.3, -0.25) is 4.79 Å². The molecule has 0 aromatic heterocycles. The van der Waals surface area contributed by atoms with Crippen molar-refractivity contribution >= 4 is 5.97 Å². The number of unbranched alkanes of at least 4 members (excludes halogenated alkanes) is 1. The van der Waals surface area contributed by atoms with Crippen LogP contribution in [0.25, 0.3) is 0 Å². The SMILES string of the molecule is CCCC[C@H](N)C(=O)OCCCc1ccccc1. The lowest BCUT2D eigenvalue weighted by molar-refractivity contribution is -0.145. The van der Waals surface area contributed by atoms with E-state index < -0.39 is 6.04 Å². The number of ether oxygens (including phenoxy) is 1. The maximum atomic E-state index is 11.5. The lowest BCUT2D eigenvalue weighted by Gasteiger charge is -2.10. The summed E-state index contributed by atoms with van der Waals surface area (Å²) in [6.07, 6.45) is 4.51. The van der Waals surface area contributed by atoms with Gasteiger partial charge in [0.1, 0.15) is 6.04 Å². The monoisotopic (exact) mass is 249 g/mol. The van der Waals surface area contributed by atoms with Crippen molar-refractivity contribution in [1.29, 1.82) is 0 Å². The van der Waals surface area contributed by atoms with Crippen molar-refractivity contribution in [1.82, 2.24) is 0 Å². The summed E-state index contributed by atoms with van der Waals surface area (Å²) in [5.74, 6) is -0.267. The molecule has 0 aliphatic rings. The smallest absolute Gasteiger partial charge is 0.322 e. The lowest BCUT2D eigenvalue weighted by Crippen LogP contribution is -2.32. The first-order chi connectivity index (χ1) is 8.74. The molecule has 0 saturated heterocycles. The summed E-state index contributed by atoms with van der Waals surface area (Å²) in [6, 6.07) is 9.73. The van der Waals surface area contributed by atoms with Gasteiger partial charge in [-0.25, -0.2) is 0 Å². The molecule has 3 heteroatoms. The van der Waals surface area contributed by atoms with Crippen molar-refractivity contribution in [2.45, 2.75) is 45.1 Å². The van der Waals surface area contributed by atoms with E-state index in [4.69, 9.17) is 10.5 Å². The van der Waals surface area contributed by atoms with E-state index in [1.165, 1.54) is 5.56 Å². The maximum absolute atomic E-state index is 11.5. The summed E-state index contributed by atoms with van der Waals surface area (Å²) in [7, 11) is 0. The molecule has 0 saturated carbocycles. The average molecular weight is 249 g/mol. The number of aryl methyl sites for hydroxylation is 1. The first-order valence-corrected chi connectivity index (χ1v) is 6.70. The molecule has 1 aromatic carbocycles. The van der Waals surface area contributed by atoms with Crippen LogP contribution in [0.2, 0.25) is 0 Å². The zero-order valence-corrected chi connectivity index (χ0v) is 11.1. The summed E-state index contributed by atoms with van der Waals surface area (Å²) >= 11 is 0. The summed E-state index contributed by atoms with van der Waals surface area (Å²) in [6.45, 7) is 2.53. The Labute approximate surface area is 109 Å². The van der Waals surface area contributed by atoms with Gasteiger partial charge >= 0.3 is 5.97 Å². The number of hydrogen-bond acceptors (Lipinski definition) is 3. The molecule has 0 aliphatic carbocycles. The summed E-state index contributed by atoms with van der Waals surface area (Å²) in [5, 5.41) is 0. The third-order valence-electron chi connectivity index (χ3n) is 2.87. The Kier molecular flexibility index (Phi) is 7.11. The van der Waals surface area contributed by atoms with Crippen LogP contribution >= 0.6 is 0 Å². The predicted molar refractivity (Wildman–Crippen MR) is 73.2 cm³/mol. The molecule has 0 amide bonds.